The SMILES string of the molecule is CCc1ccc2nc(N3CCN(C(=O)c4cccc(C(=O)OC)c4)CC3)sc2c1. The summed E-state index contributed by atoms with van der Waals surface area (Å²) in [5, 5.41) is 1.01. The third-order valence-electron chi connectivity index (χ3n) is 5.22. The molecule has 29 heavy (non-hydrogen) atoms. The lowest BCUT2D eigenvalue weighted by molar-refractivity contribution is 0.0600. The lowest BCUT2D eigenvalue weighted by atomic mass is 10.1. The molecule has 0 unspecified atom stereocenters. The van der Waals surface area contributed by atoms with E-state index in [-0.39, 0.29) is 5.91 Å². The van der Waals surface area contributed by atoms with Gasteiger partial charge in [0.15, 0.2) is 5.13 Å². The zero-order valence-corrected chi connectivity index (χ0v) is 17.4. The van der Waals surface area contributed by atoms with Crippen LogP contribution in [0.1, 0.15) is 33.2 Å². The van der Waals surface area contributed by atoms with Crippen LogP contribution in [0.3, 0.4) is 0 Å². The van der Waals surface area contributed by atoms with Crippen LogP contribution in [0.25, 0.3) is 10.2 Å². The first-order chi connectivity index (χ1) is 14.1. The highest BCUT2D eigenvalue weighted by Gasteiger charge is 2.24. The Balaban J connectivity index is 1.44. The van der Waals surface area contributed by atoms with E-state index in [9.17, 15) is 9.59 Å². The van der Waals surface area contributed by atoms with Crippen molar-refractivity contribution in [2.75, 3.05) is 38.2 Å². The van der Waals surface area contributed by atoms with Crippen LogP contribution in [0.4, 0.5) is 5.13 Å². The number of methoxy groups -OCH3 is 1. The highest BCUT2D eigenvalue weighted by molar-refractivity contribution is 7.22. The van der Waals surface area contributed by atoms with E-state index in [1.807, 2.05) is 4.90 Å². The summed E-state index contributed by atoms with van der Waals surface area (Å²) < 4.78 is 5.95. The quantitative estimate of drug-likeness (QED) is 0.616. The van der Waals surface area contributed by atoms with Crippen molar-refractivity contribution in [3.63, 3.8) is 0 Å². The van der Waals surface area contributed by atoms with E-state index in [2.05, 4.69) is 30.0 Å². The van der Waals surface area contributed by atoms with Gasteiger partial charge in [0.25, 0.3) is 5.91 Å². The molecule has 3 aromatic rings. The molecular formula is C22H23N3O3S. The van der Waals surface area contributed by atoms with Crippen LogP contribution >= 0.6 is 11.3 Å². The highest BCUT2D eigenvalue weighted by atomic mass is 32.1. The van der Waals surface area contributed by atoms with Crippen molar-refractivity contribution in [3.05, 3.63) is 59.2 Å². The number of benzene rings is 2. The zero-order valence-electron chi connectivity index (χ0n) is 16.6. The predicted octanol–water partition coefficient (Wildman–Crippen LogP) is 3.61. The van der Waals surface area contributed by atoms with Gasteiger partial charge < -0.3 is 14.5 Å². The van der Waals surface area contributed by atoms with Crippen molar-refractivity contribution in [3.8, 4) is 0 Å². The fraction of sp³-hybridized carbons (Fsp3) is 0.318. The van der Waals surface area contributed by atoms with Crippen molar-refractivity contribution >= 4 is 38.6 Å². The molecule has 1 aliphatic rings. The maximum atomic E-state index is 12.9. The van der Waals surface area contributed by atoms with Crippen LogP contribution in [-0.4, -0.2) is 55.0 Å². The number of esters is 1. The number of hydrogen-bond donors (Lipinski definition) is 0. The molecule has 0 bridgehead atoms. The van der Waals surface area contributed by atoms with Gasteiger partial charge >= 0.3 is 5.97 Å². The van der Waals surface area contributed by atoms with Gasteiger partial charge in [-0.15, -0.1) is 0 Å². The first-order valence-electron chi connectivity index (χ1n) is 9.71. The average Bonchev–Trinajstić information content (AvgIpc) is 3.21. The second-order valence-corrected chi connectivity index (χ2v) is 8.01. The number of aromatic nitrogens is 1. The van der Waals surface area contributed by atoms with Crippen LogP contribution < -0.4 is 4.90 Å². The normalized spacial score (nSPS) is 14.3. The molecule has 1 aromatic heterocycles. The van der Waals surface area contributed by atoms with Gasteiger partial charge in [-0.25, -0.2) is 9.78 Å². The molecule has 1 aliphatic heterocycles. The minimum atomic E-state index is -0.438. The molecule has 2 heterocycles. The van der Waals surface area contributed by atoms with Crippen molar-refractivity contribution in [2.24, 2.45) is 0 Å². The maximum Gasteiger partial charge on any atom is 0.337 e. The summed E-state index contributed by atoms with van der Waals surface area (Å²) in [5.41, 5.74) is 3.24. The number of piperazine rings is 1. The number of carbonyl (C=O) groups excluding carboxylic acids is 2. The highest BCUT2D eigenvalue weighted by Crippen LogP contribution is 2.30. The van der Waals surface area contributed by atoms with E-state index in [1.165, 1.54) is 17.4 Å². The maximum absolute atomic E-state index is 12.9. The molecule has 0 atom stereocenters. The molecule has 0 radical (unpaired) electrons. The number of ether oxygens (including phenoxy) is 1. The van der Waals surface area contributed by atoms with Crippen molar-refractivity contribution in [2.45, 2.75) is 13.3 Å². The fourth-order valence-corrected chi connectivity index (χ4v) is 4.57. The topological polar surface area (TPSA) is 62.7 Å². The average molecular weight is 410 g/mol. The third-order valence-corrected chi connectivity index (χ3v) is 6.30. The number of thiazole rings is 1. The Labute approximate surface area is 173 Å². The number of nitrogens with zero attached hydrogens (tertiary/aromatic N) is 3. The minimum absolute atomic E-state index is 0.0627. The zero-order chi connectivity index (χ0) is 20.4. The van der Waals surface area contributed by atoms with Crippen molar-refractivity contribution < 1.29 is 14.3 Å². The monoisotopic (exact) mass is 409 g/mol. The van der Waals surface area contributed by atoms with Crippen LogP contribution in [0.2, 0.25) is 0 Å². The summed E-state index contributed by atoms with van der Waals surface area (Å²) >= 11 is 1.71. The third kappa shape index (κ3) is 3.96. The Kier molecular flexibility index (Phi) is 5.49. The molecule has 6 nitrogen and oxygen atoms in total. The molecule has 7 heteroatoms. The molecule has 0 N–H and O–H groups in total. The Morgan fingerprint density at radius 1 is 1.07 bits per heavy atom. The number of amides is 1. The number of fused-ring (bicyclic) bond motifs is 1. The summed E-state index contributed by atoms with van der Waals surface area (Å²) in [5.74, 6) is -0.501. The van der Waals surface area contributed by atoms with E-state index >= 15 is 0 Å². The molecule has 4 rings (SSSR count). The summed E-state index contributed by atoms with van der Waals surface area (Å²) in [6.45, 7) is 4.88. The number of rotatable bonds is 4. The lowest BCUT2D eigenvalue weighted by Gasteiger charge is -2.34. The van der Waals surface area contributed by atoms with E-state index in [0.717, 1.165) is 30.2 Å². The molecule has 0 saturated carbocycles. The Morgan fingerprint density at radius 3 is 2.55 bits per heavy atom. The van der Waals surface area contributed by atoms with Gasteiger partial charge in [0.2, 0.25) is 0 Å². The van der Waals surface area contributed by atoms with E-state index < -0.39 is 5.97 Å². The standard InChI is InChI=1S/C22H23N3O3S/c1-3-15-7-8-18-19(13-15)29-22(23-18)25-11-9-24(10-12-25)20(26)16-5-4-6-17(14-16)21(27)28-2/h4-8,13-14H,3,9-12H2,1-2H3. The second-order valence-electron chi connectivity index (χ2n) is 7.00. The van der Waals surface area contributed by atoms with Crippen LogP contribution in [0.15, 0.2) is 42.5 Å². The molecule has 150 valence electrons. The second kappa shape index (κ2) is 8.21. The van der Waals surface area contributed by atoms with Gasteiger partial charge in [-0.05, 0) is 42.3 Å². The Morgan fingerprint density at radius 2 is 1.83 bits per heavy atom. The van der Waals surface area contributed by atoms with Crippen LogP contribution in [0, 0.1) is 0 Å². The molecule has 0 aliphatic carbocycles. The van der Waals surface area contributed by atoms with Crippen LogP contribution in [-0.2, 0) is 11.2 Å². The van der Waals surface area contributed by atoms with Gasteiger partial charge in [-0.2, -0.15) is 0 Å². The van der Waals surface area contributed by atoms with E-state index in [4.69, 9.17) is 9.72 Å². The van der Waals surface area contributed by atoms with Crippen molar-refractivity contribution in [1.29, 1.82) is 0 Å². The van der Waals surface area contributed by atoms with Gasteiger partial charge in [-0.3, -0.25) is 4.79 Å². The van der Waals surface area contributed by atoms with Gasteiger partial charge in [0, 0.05) is 31.7 Å². The summed E-state index contributed by atoms with van der Waals surface area (Å²) in [6.07, 6.45) is 1.02. The first-order valence-corrected chi connectivity index (χ1v) is 10.5. The first kappa shape index (κ1) is 19.4. The van der Waals surface area contributed by atoms with E-state index in [1.54, 1.807) is 35.6 Å². The fourth-order valence-electron chi connectivity index (χ4n) is 3.49. The Bertz CT molecular complexity index is 1050. The summed E-state index contributed by atoms with van der Waals surface area (Å²) in [6, 6.07) is 13.1. The van der Waals surface area contributed by atoms with Crippen LogP contribution in [0.5, 0.6) is 0 Å². The van der Waals surface area contributed by atoms with Crippen molar-refractivity contribution in [1.82, 2.24) is 9.88 Å². The molecule has 1 fully saturated rings. The summed E-state index contributed by atoms with van der Waals surface area (Å²) in [4.78, 5) is 33.4. The number of aryl methyl sites for hydroxylation is 1. The number of anilines is 1. The van der Waals surface area contributed by atoms with Gasteiger partial charge in [-0.1, -0.05) is 30.4 Å². The largest absolute Gasteiger partial charge is 0.465 e. The number of carbonyl (C=O) groups is 2. The smallest absolute Gasteiger partial charge is 0.337 e. The summed E-state index contributed by atoms with van der Waals surface area (Å²) in [7, 11) is 1.33. The molecule has 1 amide bonds. The molecule has 0 spiro atoms. The van der Waals surface area contributed by atoms with E-state index in [0.29, 0.717) is 24.2 Å². The minimum Gasteiger partial charge on any atom is -0.465 e. The Hall–Kier alpha value is -2.93. The number of hydrogen-bond acceptors (Lipinski definition) is 6. The molecule has 1 saturated heterocycles. The van der Waals surface area contributed by atoms with Gasteiger partial charge in [0.05, 0.1) is 22.9 Å². The lowest BCUT2D eigenvalue weighted by Crippen LogP contribution is -2.48. The predicted molar refractivity (Wildman–Crippen MR) is 115 cm³/mol. The van der Waals surface area contributed by atoms with Gasteiger partial charge in [0.1, 0.15) is 0 Å². The molecule has 2 aromatic carbocycles. The molecular weight excluding hydrogens is 386 g/mol.